The SMILES string of the molecule is COc1ccc(CS(=O)(=O)CC2CCCC2)cc1N. The fourth-order valence-electron chi connectivity index (χ4n) is 2.72. The van der Waals surface area contributed by atoms with E-state index in [0.29, 0.717) is 23.1 Å². The summed E-state index contributed by atoms with van der Waals surface area (Å²) in [5.41, 5.74) is 7.01. The summed E-state index contributed by atoms with van der Waals surface area (Å²) in [6, 6.07) is 5.17. The molecule has 1 fully saturated rings. The average molecular weight is 283 g/mol. The van der Waals surface area contributed by atoms with Crippen molar-refractivity contribution in [2.24, 2.45) is 5.92 Å². The fourth-order valence-corrected chi connectivity index (χ4v) is 4.58. The molecule has 1 aliphatic carbocycles. The number of anilines is 1. The first kappa shape index (κ1) is 14.2. The molecule has 1 aromatic rings. The first-order chi connectivity index (χ1) is 9.00. The van der Waals surface area contributed by atoms with E-state index in [0.717, 1.165) is 31.2 Å². The highest BCUT2D eigenvalue weighted by molar-refractivity contribution is 7.90. The van der Waals surface area contributed by atoms with Crippen LogP contribution in [-0.2, 0) is 15.6 Å². The lowest BCUT2D eigenvalue weighted by Crippen LogP contribution is -2.15. The first-order valence-electron chi connectivity index (χ1n) is 6.63. The van der Waals surface area contributed by atoms with Crippen molar-refractivity contribution < 1.29 is 13.2 Å². The predicted octanol–water partition coefficient (Wildman–Crippen LogP) is 2.38. The lowest BCUT2D eigenvalue weighted by Gasteiger charge is -2.11. The van der Waals surface area contributed by atoms with Gasteiger partial charge in [0.25, 0.3) is 0 Å². The lowest BCUT2D eigenvalue weighted by atomic mass is 10.1. The minimum Gasteiger partial charge on any atom is -0.495 e. The number of ether oxygens (including phenoxy) is 1. The van der Waals surface area contributed by atoms with Gasteiger partial charge in [-0.15, -0.1) is 0 Å². The molecule has 0 radical (unpaired) electrons. The van der Waals surface area contributed by atoms with Crippen molar-refractivity contribution in [2.75, 3.05) is 18.6 Å². The molecule has 4 nitrogen and oxygen atoms in total. The molecule has 106 valence electrons. The summed E-state index contributed by atoms with van der Waals surface area (Å²) in [5, 5.41) is 0. The van der Waals surface area contributed by atoms with E-state index in [2.05, 4.69) is 0 Å². The zero-order valence-corrected chi connectivity index (χ0v) is 12.1. The van der Waals surface area contributed by atoms with Gasteiger partial charge in [-0.25, -0.2) is 8.42 Å². The second-order valence-corrected chi connectivity index (χ2v) is 7.39. The number of hydrogen-bond donors (Lipinski definition) is 1. The number of hydrogen-bond acceptors (Lipinski definition) is 4. The second kappa shape index (κ2) is 5.82. The predicted molar refractivity (Wildman–Crippen MR) is 76.9 cm³/mol. The van der Waals surface area contributed by atoms with Crippen molar-refractivity contribution in [3.8, 4) is 5.75 Å². The highest BCUT2D eigenvalue weighted by atomic mass is 32.2. The van der Waals surface area contributed by atoms with Gasteiger partial charge in [-0.05, 0) is 36.5 Å². The van der Waals surface area contributed by atoms with Crippen LogP contribution in [0.15, 0.2) is 18.2 Å². The van der Waals surface area contributed by atoms with E-state index in [-0.39, 0.29) is 5.75 Å². The van der Waals surface area contributed by atoms with Crippen LogP contribution in [0.4, 0.5) is 5.69 Å². The summed E-state index contributed by atoms with van der Waals surface area (Å²) in [7, 11) is -1.51. The second-order valence-electron chi connectivity index (χ2n) is 5.28. The Hall–Kier alpha value is -1.23. The molecule has 1 saturated carbocycles. The fraction of sp³-hybridized carbons (Fsp3) is 0.571. The van der Waals surface area contributed by atoms with Crippen LogP contribution < -0.4 is 10.5 Å². The molecular formula is C14H21NO3S. The Balaban J connectivity index is 2.04. The Morgan fingerprint density at radius 1 is 1.32 bits per heavy atom. The quantitative estimate of drug-likeness (QED) is 0.842. The Labute approximate surface area is 114 Å². The highest BCUT2D eigenvalue weighted by Gasteiger charge is 2.23. The van der Waals surface area contributed by atoms with E-state index in [9.17, 15) is 8.42 Å². The monoisotopic (exact) mass is 283 g/mol. The molecule has 0 saturated heterocycles. The summed E-state index contributed by atoms with van der Waals surface area (Å²) in [5.74, 6) is 1.30. The molecule has 0 atom stereocenters. The minimum atomic E-state index is -3.05. The van der Waals surface area contributed by atoms with Crippen LogP contribution in [0.25, 0.3) is 0 Å². The maximum atomic E-state index is 12.1. The van der Waals surface area contributed by atoms with Gasteiger partial charge in [-0.2, -0.15) is 0 Å². The molecule has 0 amide bonds. The number of rotatable bonds is 5. The first-order valence-corrected chi connectivity index (χ1v) is 8.45. The molecule has 19 heavy (non-hydrogen) atoms. The molecule has 2 N–H and O–H groups in total. The Morgan fingerprint density at radius 2 is 2.00 bits per heavy atom. The van der Waals surface area contributed by atoms with Gasteiger partial charge in [0.1, 0.15) is 5.75 Å². The Kier molecular flexibility index (Phi) is 4.34. The molecule has 5 heteroatoms. The maximum absolute atomic E-state index is 12.1. The summed E-state index contributed by atoms with van der Waals surface area (Å²) in [6.45, 7) is 0. The standard InChI is InChI=1S/C14H21NO3S/c1-18-14-7-6-12(8-13(14)15)10-19(16,17)9-11-4-2-3-5-11/h6-8,11H,2-5,9-10,15H2,1H3. The van der Waals surface area contributed by atoms with Crippen LogP contribution in [-0.4, -0.2) is 21.3 Å². The van der Waals surface area contributed by atoms with Crippen LogP contribution >= 0.6 is 0 Å². The molecule has 1 aliphatic rings. The van der Waals surface area contributed by atoms with E-state index in [1.807, 2.05) is 0 Å². The van der Waals surface area contributed by atoms with E-state index >= 15 is 0 Å². The van der Waals surface area contributed by atoms with Crippen molar-refractivity contribution in [2.45, 2.75) is 31.4 Å². The highest BCUT2D eigenvalue weighted by Crippen LogP contribution is 2.28. The number of methoxy groups -OCH3 is 1. The van der Waals surface area contributed by atoms with Gasteiger partial charge in [0.15, 0.2) is 9.84 Å². The van der Waals surface area contributed by atoms with Gasteiger partial charge in [0.2, 0.25) is 0 Å². The Morgan fingerprint density at radius 3 is 2.58 bits per heavy atom. The largest absolute Gasteiger partial charge is 0.495 e. The summed E-state index contributed by atoms with van der Waals surface area (Å²) < 4.78 is 29.4. The Bertz CT molecular complexity index is 534. The number of benzene rings is 1. The number of sulfone groups is 1. The molecule has 0 heterocycles. The molecule has 0 aliphatic heterocycles. The van der Waals surface area contributed by atoms with Crippen molar-refractivity contribution >= 4 is 15.5 Å². The van der Waals surface area contributed by atoms with Crippen molar-refractivity contribution in [3.63, 3.8) is 0 Å². The number of nitrogen functional groups attached to an aromatic ring is 1. The smallest absolute Gasteiger partial charge is 0.154 e. The van der Waals surface area contributed by atoms with Crippen LogP contribution in [0.3, 0.4) is 0 Å². The molecule has 0 unspecified atom stereocenters. The van der Waals surface area contributed by atoms with E-state index in [1.165, 1.54) is 0 Å². The van der Waals surface area contributed by atoms with Crippen molar-refractivity contribution in [3.05, 3.63) is 23.8 Å². The lowest BCUT2D eigenvalue weighted by molar-refractivity contribution is 0.417. The van der Waals surface area contributed by atoms with E-state index in [4.69, 9.17) is 10.5 Å². The summed E-state index contributed by atoms with van der Waals surface area (Å²) in [6.07, 6.45) is 4.42. The van der Waals surface area contributed by atoms with Crippen molar-refractivity contribution in [1.29, 1.82) is 0 Å². The number of nitrogens with two attached hydrogens (primary N) is 1. The van der Waals surface area contributed by atoms with Crippen LogP contribution in [0.2, 0.25) is 0 Å². The third-order valence-corrected chi connectivity index (χ3v) is 5.40. The normalized spacial score (nSPS) is 16.7. The third kappa shape index (κ3) is 3.86. The van der Waals surface area contributed by atoms with Crippen LogP contribution in [0.1, 0.15) is 31.2 Å². The zero-order chi connectivity index (χ0) is 13.9. The minimum absolute atomic E-state index is 0.0672. The molecule has 0 bridgehead atoms. The zero-order valence-electron chi connectivity index (χ0n) is 11.3. The molecule has 0 spiro atoms. The van der Waals surface area contributed by atoms with Gasteiger partial charge < -0.3 is 10.5 Å². The van der Waals surface area contributed by atoms with Gasteiger partial charge >= 0.3 is 0 Å². The molecular weight excluding hydrogens is 262 g/mol. The third-order valence-electron chi connectivity index (χ3n) is 3.65. The van der Waals surface area contributed by atoms with E-state index < -0.39 is 9.84 Å². The van der Waals surface area contributed by atoms with Gasteiger partial charge in [0, 0.05) is 0 Å². The maximum Gasteiger partial charge on any atom is 0.154 e. The van der Waals surface area contributed by atoms with Gasteiger partial charge in [0.05, 0.1) is 24.3 Å². The van der Waals surface area contributed by atoms with Gasteiger partial charge in [-0.3, -0.25) is 0 Å². The summed E-state index contributed by atoms with van der Waals surface area (Å²) in [4.78, 5) is 0. The average Bonchev–Trinajstić information content (AvgIpc) is 2.80. The molecule has 0 aromatic heterocycles. The van der Waals surface area contributed by atoms with Crippen LogP contribution in [0, 0.1) is 5.92 Å². The topological polar surface area (TPSA) is 69.4 Å². The van der Waals surface area contributed by atoms with Gasteiger partial charge in [-0.1, -0.05) is 18.9 Å². The molecule has 1 aromatic carbocycles. The molecule has 2 rings (SSSR count). The van der Waals surface area contributed by atoms with Crippen molar-refractivity contribution in [1.82, 2.24) is 0 Å². The summed E-state index contributed by atoms with van der Waals surface area (Å²) >= 11 is 0. The van der Waals surface area contributed by atoms with Crippen LogP contribution in [0.5, 0.6) is 5.75 Å². The van der Waals surface area contributed by atoms with E-state index in [1.54, 1.807) is 25.3 Å².